The van der Waals surface area contributed by atoms with Crippen molar-refractivity contribution in [3.63, 3.8) is 0 Å². The zero-order valence-corrected chi connectivity index (χ0v) is 17.7. The number of urea groups is 1. The number of allylic oxidation sites excluding steroid dienone is 1. The van der Waals surface area contributed by atoms with Gasteiger partial charge in [0.25, 0.3) is 5.91 Å². The second kappa shape index (κ2) is 8.85. The second-order valence-electron chi connectivity index (χ2n) is 8.05. The summed E-state index contributed by atoms with van der Waals surface area (Å²) in [7, 11) is 0. The first-order chi connectivity index (χ1) is 14.3. The molecule has 0 bridgehead atoms. The molecule has 1 saturated heterocycles. The van der Waals surface area contributed by atoms with Gasteiger partial charge in [-0.25, -0.2) is 4.79 Å². The lowest BCUT2D eigenvalue weighted by molar-refractivity contribution is -0.143. The fourth-order valence-corrected chi connectivity index (χ4v) is 4.37. The number of ketones is 1. The summed E-state index contributed by atoms with van der Waals surface area (Å²) in [6.45, 7) is 7.91. The highest BCUT2D eigenvalue weighted by Gasteiger charge is 2.52. The standard InChI is InChI=1S/C22H29N3O5/c1-4-11-24-15(2)13-17(16(24)3)18(26)14-30-19(27)8-7-12-25-20(28)22(23-21(25)29)9-5-6-10-22/h4,13H,1,5-12,14H2,2-3H3,(H,23,29). The van der Waals surface area contributed by atoms with Crippen LogP contribution in [0, 0.1) is 13.8 Å². The molecule has 1 aliphatic heterocycles. The zero-order chi connectivity index (χ0) is 21.9. The van der Waals surface area contributed by atoms with E-state index in [2.05, 4.69) is 11.9 Å². The number of esters is 1. The number of imide groups is 1. The van der Waals surface area contributed by atoms with E-state index >= 15 is 0 Å². The number of aryl methyl sites for hydroxylation is 1. The molecule has 0 unspecified atom stereocenters. The number of amides is 3. The smallest absolute Gasteiger partial charge is 0.325 e. The van der Waals surface area contributed by atoms with Crippen molar-refractivity contribution >= 4 is 23.7 Å². The number of nitrogens with one attached hydrogen (secondary N) is 1. The third-order valence-corrected chi connectivity index (χ3v) is 6.02. The van der Waals surface area contributed by atoms with Crippen LogP contribution in [0.4, 0.5) is 4.79 Å². The molecule has 0 radical (unpaired) electrons. The summed E-state index contributed by atoms with van der Waals surface area (Å²) in [5.74, 6) is -0.974. The first-order valence-corrected chi connectivity index (χ1v) is 10.4. The molecule has 2 heterocycles. The Morgan fingerprint density at radius 1 is 1.27 bits per heavy atom. The number of hydrogen-bond acceptors (Lipinski definition) is 5. The topological polar surface area (TPSA) is 97.7 Å². The molecular weight excluding hydrogens is 386 g/mol. The molecular formula is C22H29N3O5. The number of hydrogen-bond donors (Lipinski definition) is 1. The van der Waals surface area contributed by atoms with Crippen LogP contribution in [0.1, 0.15) is 60.3 Å². The summed E-state index contributed by atoms with van der Waals surface area (Å²) < 4.78 is 7.08. The Hall–Kier alpha value is -2.90. The minimum Gasteiger partial charge on any atom is -0.457 e. The van der Waals surface area contributed by atoms with Gasteiger partial charge in [0.05, 0.1) is 0 Å². The van der Waals surface area contributed by atoms with E-state index < -0.39 is 11.5 Å². The van der Waals surface area contributed by atoms with E-state index in [4.69, 9.17) is 4.74 Å². The molecule has 2 fully saturated rings. The predicted octanol–water partition coefficient (Wildman–Crippen LogP) is 2.66. The van der Waals surface area contributed by atoms with Crippen LogP contribution in [-0.4, -0.2) is 51.8 Å². The van der Waals surface area contributed by atoms with Crippen molar-refractivity contribution < 1.29 is 23.9 Å². The molecule has 1 aromatic heterocycles. The molecule has 1 aromatic rings. The summed E-state index contributed by atoms with van der Waals surface area (Å²) in [6, 6.07) is 1.39. The van der Waals surface area contributed by atoms with Crippen LogP contribution < -0.4 is 5.32 Å². The lowest BCUT2D eigenvalue weighted by atomic mass is 9.98. The van der Waals surface area contributed by atoms with E-state index in [-0.39, 0.29) is 37.3 Å². The van der Waals surface area contributed by atoms with Crippen molar-refractivity contribution in [1.82, 2.24) is 14.8 Å². The van der Waals surface area contributed by atoms with E-state index in [0.717, 1.165) is 24.2 Å². The fraction of sp³-hybridized carbons (Fsp3) is 0.545. The number of rotatable bonds is 9. The average molecular weight is 415 g/mol. The van der Waals surface area contributed by atoms with Gasteiger partial charge in [0.2, 0.25) is 5.78 Å². The van der Waals surface area contributed by atoms with Crippen molar-refractivity contribution in [1.29, 1.82) is 0 Å². The molecule has 2 aliphatic rings. The van der Waals surface area contributed by atoms with Crippen molar-refractivity contribution in [2.45, 2.75) is 64.5 Å². The van der Waals surface area contributed by atoms with E-state index in [9.17, 15) is 19.2 Å². The number of ether oxygens (including phenoxy) is 1. The monoisotopic (exact) mass is 415 g/mol. The largest absolute Gasteiger partial charge is 0.457 e. The van der Waals surface area contributed by atoms with Gasteiger partial charge in [-0.15, -0.1) is 6.58 Å². The van der Waals surface area contributed by atoms with Crippen molar-refractivity contribution in [2.75, 3.05) is 13.2 Å². The normalized spacial score (nSPS) is 17.5. The Balaban J connectivity index is 1.45. The third kappa shape index (κ3) is 4.17. The molecule has 0 atom stereocenters. The SMILES string of the molecule is C=CCn1c(C)cc(C(=O)COC(=O)CCCN2C(=O)NC3(CCCC3)C2=O)c1C. The quantitative estimate of drug-likeness (QED) is 0.289. The molecule has 1 spiro atoms. The highest BCUT2D eigenvalue weighted by atomic mass is 16.5. The fourth-order valence-electron chi connectivity index (χ4n) is 4.37. The van der Waals surface area contributed by atoms with Gasteiger partial charge in [-0.05, 0) is 39.2 Å². The highest BCUT2D eigenvalue weighted by molar-refractivity contribution is 6.07. The van der Waals surface area contributed by atoms with E-state index in [1.165, 1.54) is 4.90 Å². The molecule has 30 heavy (non-hydrogen) atoms. The summed E-state index contributed by atoms with van der Waals surface area (Å²) in [5.41, 5.74) is 1.55. The highest BCUT2D eigenvalue weighted by Crippen LogP contribution is 2.35. The summed E-state index contributed by atoms with van der Waals surface area (Å²) in [6.07, 6.45) is 5.29. The van der Waals surface area contributed by atoms with Crippen LogP contribution in [0.5, 0.6) is 0 Å². The first kappa shape index (κ1) is 21.8. The third-order valence-electron chi connectivity index (χ3n) is 6.02. The lowest BCUT2D eigenvalue weighted by Crippen LogP contribution is -2.44. The van der Waals surface area contributed by atoms with Gasteiger partial charge in [0.15, 0.2) is 6.61 Å². The summed E-state index contributed by atoms with van der Waals surface area (Å²) >= 11 is 0. The van der Waals surface area contributed by atoms with Crippen LogP contribution in [-0.2, 0) is 20.9 Å². The Morgan fingerprint density at radius 2 is 1.97 bits per heavy atom. The number of carbonyl (C=O) groups is 4. The van der Waals surface area contributed by atoms with Gasteiger partial charge in [0.1, 0.15) is 5.54 Å². The molecule has 1 saturated carbocycles. The van der Waals surface area contributed by atoms with Crippen LogP contribution in [0.2, 0.25) is 0 Å². The Kier molecular flexibility index (Phi) is 6.43. The molecule has 162 valence electrons. The van der Waals surface area contributed by atoms with Crippen molar-refractivity contribution in [2.24, 2.45) is 0 Å². The minimum absolute atomic E-state index is 0.0345. The number of nitrogens with zero attached hydrogens (tertiary/aromatic N) is 2. The molecule has 0 aromatic carbocycles. The van der Waals surface area contributed by atoms with Crippen LogP contribution in [0.15, 0.2) is 18.7 Å². The zero-order valence-electron chi connectivity index (χ0n) is 17.7. The maximum Gasteiger partial charge on any atom is 0.325 e. The van der Waals surface area contributed by atoms with Gasteiger partial charge in [0, 0.05) is 36.5 Å². The van der Waals surface area contributed by atoms with E-state index in [1.54, 1.807) is 12.1 Å². The van der Waals surface area contributed by atoms with E-state index in [1.807, 2.05) is 18.4 Å². The maximum atomic E-state index is 12.6. The van der Waals surface area contributed by atoms with Gasteiger partial charge in [-0.1, -0.05) is 18.9 Å². The van der Waals surface area contributed by atoms with Gasteiger partial charge >= 0.3 is 12.0 Å². The number of Topliss-reactive ketones (excluding diaryl/α,β-unsaturated/α-hetero) is 1. The van der Waals surface area contributed by atoms with Crippen LogP contribution in [0.3, 0.4) is 0 Å². The molecule has 1 N–H and O–H groups in total. The van der Waals surface area contributed by atoms with Gasteiger partial charge in [-0.3, -0.25) is 19.3 Å². The molecule has 8 heteroatoms. The average Bonchev–Trinajstić information content (AvgIpc) is 3.35. The van der Waals surface area contributed by atoms with Crippen molar-refractivity contribution in [3.8, 4) is 0 Å². The molecule has 3 amide bonds. The van der Waals surface area contributed by atoms with Crippen LogP contribution in [0.25, 0.3) is 0 Å². The summed E-state index contributed by atoms with van der Waals surface area (Å²) in [5, 5.41) is 2.81. The van der Waals surface area contributed by atoms with Crippen molar-refractivity contribution in [3.05, 3.63) is 35.7 Å². The predicted molar refractivity (Wildman–Crippen MR) is 110 cm³/mol. The molecule has 1 aliphatic carbocycles. The molecule has 8 nitrogen and oxygen atoms in total. The first-order valence-electron chi connectivity index (χ1n) is 10.4. The molecule has 3 rings (SSSR count). The van der Waals surface area contributed by atoms with E-state index in [0.29, 0.717) is 31.4 Å². The number of carbonyl (C=O) groups excluding carboxylic acids is 4. The lowest BCUT2D eigenvalue weighted by Gasteiger charge is -2.19. The minimum atomic E-state index is -0.734. The van der Waals surface area contributed by atoms with Crippen LogP contribution >= 0.6 is 0 Å². The Bertz CT molecular complexity index is 880. The second-order valence-corrected chi connectivity index (χ2v) is 8.05. The number of aromatic nitrogens is 1. The maximum absolute atomic E-state index is 12.6. The Morgan fingerprint density at radius 3 is 2.63 bits per heavy atom. The van der Waals surface area contributed by atoms with Gasteiger partial charge in [-0.2, -0.15) is 0 Å². The Labute approximate surface area is 176 Å². The summed E-state index contributed by atoms with van der Waals surface area (Å²) in [4.78, 5) is 50.3. The van der Waals surface area contributed by atoms with Gasteiger partial charge < -0.3 is 14.6 Å².